The quantitative estimate of drug-likeness (QED) is 0.496. The van der Waals surface area contributed by atoms with Crippen molar-refractivity contribution >= 4 is 34.8 Å². The molecule has 0 aliphatic carbocycles. The Morgan fingerprint density at radius 3 is 2.05 bits per heavy atom. The molecule has 104 valence electrons. The fraction of sp³-hybridized carbons (Fsp3) is 0. The van der Waals surface area contributed by atoms with E-state index in [1.165, 1.54) is 0 Å². The molecule has 0 spiro atoms. The molecule has 0 aliphatic heterocycles. The molecule has 0 amide bonds. The van der Waals surface area contributed by atoms with Gasteiger partial charge in [-0.05, 0) is 24.3 Å². The van der Waals surface area contributed by atoms with Crippen molar-refractivity contribution < 1.29 is 0 Å². The monoisotopic (exact) mass is 333 g/mol. The molecule has 3 aromatic rings. The second kappa shape index (κ2) is 6.07. The van der Waals surface area contributed by atoms with Gasteiger partial charge in [0.1, 0.15) is 0 Å². The molecular formula is C17H10Cl3N. The highest BCUT2D eigenvalue weighted by Crippen LogP contribution is 2.35. The molecule has 0 radical (unpaired) electrons. The van der Waals surface area contributed by atoms with Crippen LogP contribution in [0.3, 0.4) is 0 Å². The Hall–Kier alpha value is -1.54. The molecule has 0 bridgehead atoms. The summed E-state index contributed by atoms with van der Waals surface area (Å²) in [6, 6.07) is 19.2. The van der Waals surface area contributed by atoms with E-state index in [-0.39, 0.29) is 0 Å². The molecule has 1 heterocycles. The minimum Gasteiger partial charge on any atom is -0.248 e. The Labute approximate surface area is 138 Å². The zero-order chi connectivity index (χ0) is 14.8. The van der Waals surface area contributed by atoms with Crippen molar-refractivity contribution in [2.75, 3.05) is 0 Å². The van der Waals surface area contributed by atoms with Crippen LogP contribution in [0.5, 0.6) is 0 Å². The zero-order valence-corrected chi connectivity index (χ0v) is 13.1. The molecule has 0 unspecified atom stereocenters. The van der Waals surface area contributed by atoms with E-state index in [2.05, 4.69) is 4.98 Å². The van der Waals surface area contributed by atoms with Crippen LogP contribution in [0.4, 0.5) is 0 Å². The molecular weight excluding hydrogens is 325 g/mol. The van der Waals surface area contributed by atoms with E-state index in [4.69, 9.17) is 34.8 Å². The number of rotatable bonds is 2. The van der Waals surface area contributed by atoms with Gasteiger partial charge in [0.2, 0.25) is 0 Å². The normalized spacial score (nSPS) is 10.6. The minimum absolute atomic E-state index is 0.435. The number of aromatic nitrogens is 1. The highest BCUT2D eigenvalue weighted by atomic mass is 35.5. The molecule has 0 saturated heterocycles. The maximum atomic E-state index is 6.25. The van der Waals surface area contributed by atoms with Gasteiger partial charge in [0.05, 0.1) is 26.5 Å². The number of hydrogen-bond donors (Lipinski definition) is 0. The largest absolute Gasteiger partial charge is 0.248 e. The summed E-state index contributed by atoms with van der Waals surface area (Å²) in [6.45, 7) is 0. The lowest BCUT2D eigenvalue weighted by molar-refractivity contribution is 1.32. The Bertz CT molecular complexity index is 785. The van der Waals surface area contributed by atoms with Gasteiger partial charge in [-0.15, -0.1) is 0 Å². The average Bonchev–Trinajstić information content (AvgIpc) is 2.52. The Balaban J connectivity index is 2.11. The number of hydrogen-bond acceptors (Lipinski definition) is 1. The summed E-state index contributed by atoms with van der Waals surface area (Å²) < 4.78 is 0. The first kappa shape index (κ1) is 14.4. The number of nitrogens with zero attached hydrogens (tertiary/aromatic N) is 1. The van der Waals surface area contributed by atoms with Crippen molar-refractivity contribution in [3.63, 3.8) is 0 Å². The van der Waals surface area contributed by atoms with E-state index in [1.54, 1.807) is 12.1 Å². The Morgan fingerprint density at radius 2 is 1.29 bits per heavy atom. The topological polar surface area (TPSA) is 12.9 Å². The van der Waals surface area contributed by atoms with Crippen LogP contribution in [0.15, 0.2) is 60.7 Å². The number of pyridine rings is 1. The lowest BCUT2D eigenvalue weighted by atomic mass is 10.1. The smallest absolute Gasteiger partial charge is 0.0725 e. The first-order valence-electron chi connectivity index (χ1n) is 6.32. The lowest BCUT2D eigenvalue weighted by Gasteiger charge is -2.08. The first-order valence-corrected chi connectivity index (χ1v) is 7.46. The average molecular weight is 335 g/mol. The van der Waals surface area contributed by atoms with Crippen LogP contribution in [0, 0.1) is 0 Å². The summed E-state index contributed by atoms with van der Waals surface area (Å²) in [5, 5.41) is 1.43. The molecule has 0 saturated carbocycles. The summed E-state index contributed by atoms with van der Waals surface area (Å²) in [7, 11) is 0. The summed E-state index contributed by atoms with van der Waals surface area (Å²) in [6.07, 6.45) is 0. The molecule has 0 aliphatic rings. The van der Waals surface area contributed by atoms with Crippen molar-refractivity contribution in [1.29, 1.82) is 0 Å². The van der Waals surface area contributed by atoms with Gasteiger partial charge in [-0.25, -0.2) is 4.98 Å². The zero-order valence-electron chi connectivity index (χ0n) is 10.9. The van der Waals surface area contributed by atoms with E-state index in [0.29, 0.717) is 15.1 Å². The van der Waals surface area contributed by atoms with Gasteiger partial charge in [-0.2, -0.15) is 0 Å². The third-order valence-corrected chi connectivity index (χ3v) is 4.14. The molecule has 1 nitrogen and oxygen atoms in total. The molecule has 0 N–H and O–H groups in total. The van der Waals surface area contributed by atoms with Crippen molar-refractivity contribution in [2.45, 2.75) is 0 Å². The van der Waals surface area contributed by atoms with Crippen LogP contribution in [-0.2, 0) is 0 Å². The van der Waals surface area contributed by atoms with Crippen LogP contribution in [0.2, 0.25) is 15.1 Å². The Morgan fingerprint density at radius 1 is 0.619 bits per heavy atom. The molecule has 0 fully saturated rings. The molecule has 0 atom stereocenters. The van der Waals surface area contributed by atoms with Crippen LogP contribution in [0.25, 0.3) is 22.5 Å². The third-order valence-electron chi connectivity index (χ3n) is 3.10. The van der Waals surface area contributed by atoms with Crippen LogP contribution in [-0.4, -0.2) is 4.98 Å². The molecule has 2 aromatic carbocycles. The molecule has 4 heteroatoms. The van der Waals surface area contributed by atoms with Crippen molar-refractivity contribution in [1.82, 2.24) is 4.98 Å². The fourth-order valence-corrected chi connectivity index (χ4v) is 2.72. The highest BCUT2D eigenvalue weighted by molar-refractivity contribution is 6.44. The molecule has 21 heavy (non-hydrogen) atoms. The maximum absolute atomic E-state index is 6.25. The predicted octanol–water partition coefficient (Wildman–Crippen LogP) is 6.38. The maximum Gasteiger partial charge on any atom is 0.0725 e. The van der Waals surface area contributed by atoms with E-state index < -0.39 is 0 Å². The van der Waals surface area contributed by atoms with Gasteiger partial charge in [-0.3, -0.25) is 0 Å². The van der Waals surface area contributed by atoms with Crippen molar-refractivity contribution in [3.05, 3.63) is 75.7 Å². The van der Waals surface area contributed by atoms with Crippen molar-refractivity contribution in [2.24, 2.45) is 0 Å². The number of benzene rings is 2. The van der Waals surface area contributed by atoms with Crippen LogP contribution >= 0.6 is 34.8 Å². The summed E-state index contributed by atoms with van der Waals surface area (Å²) in [4.78, 5) is 4.66. The second-order valence-electron chi connectivity index (χ2n) is 4.52. The van der Waals surface area contributed by atoms with Crippen LogP contribution < -0.4 is 0 Å². The molecule has 3 rings (SSSR count). The van der Waals surface area contributed by atoms with Gasteiger partial charge < -0.3 is 0 Å². The van der Waals surface area contributed by atoms with Crippen LogP contribution in [0.1, 0.15) is 0 Å². The van der Waals surface area contributed by atoms with E-state index >= 15 is 0 Å². The van der Waals surface area contributed by atoms with E-state index in [0.717, 1.165) is 22.5 Å². The highest BCUT2D eigenvalue weighted by Gasteiger charge is 2.10. The molecule has 1 aromatic heterocycles. The van der Waals surface area contributed by atoms with Gasteiger partial charge in [0.25, 0.3) is 0 Å². The van der Waals surface area contributed by atoms with Gasteiger partial charge >= 0.3 is 0 Å². The number of halogens is 3. The van der Waals surface area contributed by atoms with Crippen molar-refractivity contribution in [3.8, 4) is 22.5 Å². The second-order valence-corrected chi connectivity index (χ2v) is 5.74. The third kappa shape index (κ3) is 3.06. The fourth-order valence-electron chi connectivity index (χ4n) is 2.07. The van der Waals surface area contributed by atoms with E-state index in [1.807, 2.05) is 48.5 Å². The summed E-state index contributed by atoms with van der Waals surface area (Å²) in [5.74, 6) is 0. The predicted molar refractivity (Wildman–Crippen MR) is 90.1 cm³/mol. The SMILES string of the molecule is Clc1cc(Cl)c(-c2cccc(-c3ccccc3)n2)cc1Cl. The van der Waals surface area contributed by atoms with Gasteiger partial charge in [-0.1, -0.05) is 71.2 Å². The van der Waals surface area contributed by atoms with E-state index in [9.17, 15) is 0 Å². The van der Waals surface area contributed by atoms with Gasteiger partial charge in [0, 0.05) is 11.1 Å². The summed E-state index contributed by atoms with van der Waals surface area (Å²) in [5.41, 5.74) is 3.47. The Kier molecular flexibility index (Phi) is 4.16. The first-order chi connectivity index (χ1) is 10.1. The van der Waals surface area contributed by atoms with Gasteiger partial charge in [0.15, 0.2) is 0 Å². The summed E-state index contributed by atoms with van der Waals surface area (Å²) >= 11 is 18.3. The standard InChI is InChI=1S/C17H10Cl3N/c18-13-10-15(20)14(19)9-12(13)17-8-4-7-16(21-17)11-5-2-1-3-6-11/h1-10H. The minimum atomic E-state index is 0.435. The lowest BCUT2D eigenvalue weighted by Crippen LogP contribution is -1.89.